The number of nitrogens with zero attached hydrogens (tertiary/aromatic N) is 3. The van der Waals surface area contributed by atoms with Crippen LogP contribution in [0.25, 0.3) is 11.5 Å². The van der Waals surface area contributed by atoms with Gasteiger partial charge in [-0.15, -0.1) is 0 Å². The van der Waals surface area contributed by atoms with Gasteiger partial charge in [0.1, 0.15) is 5.69 Å². The number of aromatic nitrogens is 3. The minimum absolute atomic E-state index is 0.120. The lowest BCUT2D eigenvalue weighted by Crippen LogP contribution is -2.22. The summed E-state index contributed by atoms with van der Waals surface area (Å²) in [5, 5.41) is 4.01. The number of hydrogen-bond donors (Lipinski definition) is 1. The Bertz CT molecular complexity index is 601. The summed E-state index contributed by atoms with van der Waals surface area (Å²) in [6, 6.07) is 2.02. The van der Waals surface area contributed by atoms with Crippen molar-refractivity contribution >= 4 is 31.9 Å². The van der Waals surface area contributed by atoms with Crippen LogP contribution in [0.2, 0.25) is 0 Å². The molecule has 0 radical (unpaired) electrons. The van der Waals surface area contributed by atoms with E-state index in [0.717, 1.165) is 28.2 Å². The fraction of sp³-hybridized carbons (Fsp3) is 0.417. The summed E-state index contributed by atoms with van der Waals surface area (Å²) in [7, 11) is 0. The third kappa shape index (κ3) is 2.59. The first-order valence-electron chi connectivity index (χ1n) is 6.06. The van der Waals surface area contributed by atoms with E-state index in [9.17, 15) is 0 Å². The number of hydrogen-bond acceptors (Lipinski definition) is 5. The predicted octanol–water partition coefficient (Wildman–Crippen LogP) is 3.25. The van der Waals surface area contributed by atoms with Crippen molar-refractivity contribution in [1.29, 1.82) is 0 Å². The summed E-state index contributed by atoms with van der Waals surface area (Å²) in [6.07, 6.45) is 4.85. The molecule has 2 aromatic heterocycles. The zero-order valence-corrected chi connectivity index (χ0v) is 13.2. The van der Waals surface area contributed by atoms with E-state index in [1.54, 1.807) is 6.20 Å². The fourth-order valence-corrected chi connectivity index (χ4v) is 3.52. The van der Waals surface area contributed by atoms with Crippen LogP contribution in [0.15, 0.2) is 25.7 Å². The standard InChI is InChI=1S/C12H12Br2N4O/c13-6-4-8(14)10(16-5-6)11-17-12(19-18-11)7-2-1-3-9(7)15/h4-5,7,9H,1-3,15H2. The van der Waals surface area contributed by atoms with Gasteiger partial charge in [-0.1, -0.05) is 11.6 Å². The average Bonchev–Trinajstić information content (AvgIpc) is 2.97. The van der Waals surface area contributed by atoms with Crippen LogP contribution in [0, 0.1) is 0 Å². The second kappa shape index (κ2) is 5.30. The molecule has 2 unspecified atom stereocenters. The molecule has 2 atom stereocenters. The third-order valence-corrected chi connectivity index (χ3v) is 4.39. The molecule has 0 aromatic carbocycles. The summed E-state index contributed by atoms with van der Waals surface area (Å²) < 4.78 is 7.06. The van der Waals surface area contributed by atoms with Crippen LogP contribution in [0.1, 0.15) is 31.1 Å². The molecule has 2 aromatic rings. The Balaban J connectivity index is 1.92. The highest BCUT2D eigenvalue weighted by molar-refractivity contribution is 9.11. The van der Waals surface area contributed by atoms with Crippen LogP contribution in [-0.2, 0) is 0 Å². The summed E-state index contributed by atoms with van der Waals surface area (Å²) in [6.45, 7) is 0. The van der Waals surface area contributed by atoms with Gasteiger partial charge >= 0.3 is 0 Å². The van der Waals surface area contributed by atoms with Crippen molar-refractivity contribution < 1.29 is 4.52 Å². The molecule has 3 rings (SSSR count). The maximum atomic E-state index is 6.05. The Kier molecular flexibility index (Phi) is 3.68. The summed E-state index contributed by atoms with van der Waals surface area (Å²) in [5.41, 5.74) is 6.72. The van der Waals surface area contributed by atoms with Crippen molar-refractivity contribution in [1.82, 2.24) is 15.1 Å². The van der Waals surface area contributed by atoms with E-state index in [2.05, 4.69) is 47.0 Å². The van der Waals surface area contributed by atoms with Gasteiger partial charge in [0, 0.05) is 21.2 Å². The van der Waals surface area contributed by atoms with Crippen LogP contribution in [0.4, 0.5) is 0 Å². The van der Waals surface area contributed by atoms with E-state index >= 15 is 0 Å². The second-order valence-corrected chi connectivity index (χ2v) is 6.41. The maximum Gasteiger partial charge on any atom is 0.231 e. The Hall–Kier alpha value is -0.790. The van der Waals surface area contributed by atoms with E-state index in [-0.39, 0.29) is 12.0 Å². The van der Waals surface area contributed by atoms with Crippen molar-refractivity contribution in [2.45, 2.75) is 31.2 Å². The van der Waals surface area contributed by atoms with E-state index in [1.165, 1.54) is 0 Å². The van der Waals surface area contributed by atoms with E-state index < -0.39 is 0 Å². The van der Waals surface area contributed by atoms with Gasteiger partial charge in [-0.25, -0.2) is 0 Å². The van der Waals surface area contributed by atoms with Gasteiger partial charge in [0.15, 0.2) is 0 Å². The summed E-state index contributed by atoms with van der Waals surface area (Å²) in [5.74, 6) is 1.29. The zero-order valence-electron chi connectivity index (χ0n) is 10.0. The SMILES string of the molecule is NC1CCCC1c1nc(-c2ncc(Br)cc2Br)no1. The minimum Gasteiger partial charge on any atom is -0.339 e. The Morgan fingerprint density at radius 2 is 2.16 bits per heavy atom. The number of halogens is 2. The lowest BCUT2D eigenvalue weighted by atomic mass is 10.1. The molecule has 1 aliphatic carbocycles. The Labute approximate surface area is 127 Å². The molecule has 1 fully saturated rings. The molecular weight excluding hydrogens is 376 g/mol. The van der Waals surface area contributed by atoms with E-state index in [4.69, 9.17) is 10.3 Å². The van der Waals surface area contributed by atoms with Gasteiger partial charge < -0.3 is 10.3 Å². The highest BCUT2D eigenvalue weighted by atomic mass is 79.9. The molecular formula is C12H12Br2N4O. The topological polar surface area (TPSA) is 77.8 Å². The smallest absolute Gasteiger partial charge is 0.231 e. The van der Waals surface area contributed by atoms with Gasteiger partial charge in [0.25, 0.3) is 0 Å². The Morgan fingerprint density at radius 3 is 2.84 bits per heavy atom. The first kappa shape index (κ1) is 13.2. The largest absolute Gasteiger partial charge is 0.339 e. The van der Waals surface area contributed by atoms with Crippen molar-refractivity contribution in [2.24, 2.45) is 5.73 Å². The molecule has 2 heterocycles. The lowest BCUT2D eigenvalue weighted by molar-refractivity contribution is 0.345. The van der Waals surface area contributed by atoms with Crippen LogP contribution >= 0.6 is 31.9 Å². The second-order valence-electron chi connectivity index (χ2n) is 4.64. The van der Waals surface area contributed by atoms with E-state index in [0.29, 0.717) is 17.4 Å². The highest BCUT2D eigenvalue weighted by Crippen LogP contribution is 2.34. The summed E-state index contributed by atoms with van der Waals surface area (Å²) in [4.78, 5) is 8.73. The van der Waals surface area contributed by atoms with Crippen molar-refractivity contribution in [3.63, 3.8) is 0 Å². The normalized spacial score (nSPS) is 22.9. The molecule has 1 aliphatic rings. The van der Waals surface area contributed by atoms with E-state index in [1.807, 2.05) is 6.07 Å². The summed E-state index contributed by atoms with van der Waals surface area (Å²) >= 11 is 6.81. The Morgan fingerprint density at radius 1 is 1.32 bits per heavy atom. The predicted molar refractivity (Wildman–Crippen MR) is 77.5 cm³/mol. The number of nitrogens with two attached hydrogens (primary N) is 1. The quantitative estimate of drug-likeness (QED) is 0.855. The zero-order chi connectivity index (χ0) is 13.4. The lowest BCUT2D eigenvalue weighted by Gasteiger charge is -2.08. The molecule has 1 saturated carbocycles. The van der Waals surface area contributed by atoms with Crippen LogP contribution in [0.5, 0.6) is 0 Å². The van der Waals surface area contributed by atoms with Gasteiger partial charge in [-0.05, 0) is 50.8 Å². The molecule has 0 amide bonds. The van der Waals surface area contributed by atoms with Gasteiger partial charge in [-0.3, -0.25) is 4.98 Å². The highest BCUT2D eigenvalue weighted by Gasteiger charge is 2.30. The monoisotopic (exact) mass is 386 g/mol. The van der Waals surface area contributed by atoms with Crippen molar-refractivity contribution in [3.8, 4) is 11.5 Å². The molecule has 2 N–H and O–H groups in total. The van der Waals surface area contributed by atoms with Crippen molar-refractivity contribution in [2.75, 3.05) is 0 Å². The molecule has 0 aliphatic heterocycles. The molecule has 7 heteroatoms. The van der Waals surface area contributed by atoms with Crippen LogP contribution in [-0.4, -0.2) is 21.2 Å². The van der Waals surface area contributed by atoms with Gasteiger partial charge in [-0.2, -0.15) is 4.98 Å². The maximum absolute atomic E-state index is 6.05. The third-order valence-electron chi connectivity index (χ3n) is 3.35. The molecule has 100 valence electrons. The molecule has 19 heavy (non-hydrogen) atoms. The number of pyridine rings is 1. The first-order valence-corrected chi connectivity index (χ1v) is 7.64. The molecule has 0 bridgehead atoms. The molecule has 0 saturated heterocycles. The molecule has 0 spiro atoms. The van der Waals surface area contributed by atoms with Crippen molar-refractivity contribution in [3.05, 3.63) is 27.1 Å². The minimum atomic E-state index is 0.120. The average molecular weight is 388 g/mol. The van der Waals surface area contributed by atoms with Gasteiger partial charge in [0.2, 0.25) is 11.7 Å². The van der Waals surface area contributed by atoms with Gasteiger partial charge in [0.05, 0.1) is 5.92 Å². The van der Waals surface area contributed by atoms with Crippen LogP contribution in [0.3, 0.4) is 0 Å². The molecule has 5 nitrogen and oxygen atoms in total. The fourth-order valence-electron chi connectivity index (χ4n) is 2.36. The van der Waals surface area contributed by atoms with Crippen LogP contribution < -0.4 is 5.73 Å². The first-order chi connectivity index (χ1) is 9.15. The number of rotatable bonds is 2.